The maximum Gasteiger partial charge on any atom is 0.226 e. The third-order valence-electron chi connectivity index (χ3n) is 4.02. The van der Waals surface area contributed by atoms with Crippen LogP contribution in [0, 0.1) is 13.8 Å². The summed E-state index contributed by atoms with van der Waals surface area (Å²) < 4.78 is 1.99. The molecule has 110 valence electrons. The Bertz CT molecular complexity index is 672. The summed E-state index contributed by atoms with van der Waals surface area (Å²) in [5, 5.41) is 7.45. The maximum absolute atomic E-state index is 12.0. The molecule has 3 heterocycles. The molecular formula is C16H20N4O. The second-order valence-corrected chi connectivity index (χ2v) is 5.61. The van der Waals surface area contributed by atoms with Crippen LogP contribution in [-0.4, -0.2) is 20.7 Å². The molecule has 0 radical (unpaired) electrons. The smallest absolute Gasteiger partial charge is 0.226 e. The van der Waals surface area contributed by atoms with Gasteiger partial charge in [-0.2, -0.15) is 5.10 Å². The second kappa shape index (κ2) is 5.31. The van der Waals surface area contributed by atoms with Crippen LogP contribution in [0.15, 0.2) is 18.3 Å². The van der Waals surface area contributed by atoms with Gasteiger partial charge >= 0.3 is 0 Å². The monoisotopic (exact) mass is 284 g/mol. The number of amides is 1. The van der Waals surface area contributed by atoms with Gasteiger partial charge in [0.05, 0.1) is 0 Å². The van der Waals surface area contributed by atoms with E-state index in [1.165, 1.54) is 0 Å². The van der Waals surface area contributed by atoms with Crippen LogP contribution in [0.5, 0.6) is 0 Å². The summed E-state index contributed by atoms with van der Waals surface area (Å²) in [5.74, 6) is 0.782. The summed E-state index contributed by atoms with van der Waals surface area (Å²) in [5.41, 5.74) is 4.33. The molecule has 0 aromatic carbocycles. The molecule has 0 spiro atoms. The van der Waals surface area contributed by atoms with E-state index in [0.29, 0.717) is 12.2 Å². The zero-order valence-corrected chi connectivity index (χ0v) is 12.7. The summed E-state index contributed by atoms with van der Waals surface area (Å²) in [6, 6.07) is 4.05. The molecule has 5 heteroatoms. The van der Waals surface area contributed by atoms with Crippen LogP contribution < -0.4 is 5.32 Å². The molecule has 21 heavy (non-hydrogen) atoms. The van der Waals surface area contributed by atoms with Gasteiger partial charge in [-0.1, -0.05) is 13.0 Å². The van der Waals surface area contributed by atoms with Gasteiger partial charge in [0.15, 0.2) is 5.82 Å². The average molecular weight is 284 g/mol. The zero-order chi connectivity index (χ0) is 15.0. The number of aryl methyl sites for hydroxylation is 2. The number of rotatable bonds is 3. The summed E-state index contributed by atoms with van der Waals surface area (Å²) in [7, 11) is 0. The number of nitrogens with zero attached hydrogens (tertiary/aromatic N) is 3. The van der Waals surface area contributed by atoms with Crippen molar-refractivity contribution >= 4 is 11.7 Å². The number of carbonyl (C=O) groups excluding carboxylic acids is 1. The first-order chi connectivity index (χ1) is 10.1. The predicted molar refractivity (Wildman–Crippen MR) is 81.3 cm³/mol. The van der Waals surface area contributed by atoms with E-state index in [1.54, 1.807) is 0 Å². The van der Waals surface area contributed by atoms with Crippen molar-refractivity contribution < 1.29 is 4.79 Å². The lowest BCUT2D eigenvalue weighted by Crippen LogP contribution is -2.23. The number of aromatic nitrogens is 3. The van der Waals surface area contributed by atoms with Gasteiger partial charge in [-0.15, -0.1) is 0 Å². The van der Waals surface area contributed by atoms with Crippen LogP contribution in [0.3, 0.4) is 0 Å². The van der Waals surface area contributed by atoms with E-state index in [-0.39, 0.29) is 11.8 Å². The highest BCUT2D eigenvalue weighted by Gasteiger charge is 2.31. The molecule has 1 N–H and O–H groups in total. The molecule has 2 aromatic heterocycles. The number of pyridine rings is 1. The fraction of sp³-hybridized carbons (Fsp3) is 0.438. The van der Waals surface area contributed by atoms with Crippen molar-refractivity contribution in [2.24, 2.45) is 0 Å². The van der Waals surface area contributed by atoms with E-state index in [0.717, 1.165) is 35.5 Å². The number of hydrogen-bond donors (Lipinski definition) is 1. The molecular weight excluding hydrogens is 264 g/mol. The van der Waals surface area contributed by atoms with Crippen molar-refractivity contribution in [2.45, 2.75) is 46.1 Å². The molecule has 1 amide bonds. The van der Waals surface area contributed by atoms with Gasteiger partial charge < -0.3 is 5.32 Å². The summed E-state index contributed by atoms with van der Waals surface area (Å²) in [6.45, 7) is 7.04. The van der Waals surface area contributed by atoms with Crippen molar-refractivity contribution in [1.82, 2.24) is 14.8 Å². The molecule has 1 atom stereocenters. The average Bonchev–Trinajstić information content (AvgIpc) is 2.76. The Labute approximate surface area is 124 Å². The van der Waals surface area contributed by atoms with Crippen LogP contribution in [-0.2, 0) is 11.3 Å². The first-order valence-corrected chi connectivity index (χ1v) is 7.39. The minimum atomic E-state index is 0.0224. The normalized spacial score (nSPS) is 17.5. The summed E-state index contributed by atoms with van der Waals surface area (Å²) in [6.07, 6.45) is 3.35. The third-order valence-corrected chi connectivity index (χ3v) is 4.02. The molecule has 2 aromatic rings. The van der Waals surface area contributed by atoms with Crippen molar-refractivity contribution in [1.29, 1.82) is 0 Å². The molecule has 0 saturated carbocycles. The number of fused-ring (bicyclic) bond motifs is 1. The van der Waals surface area contributed by atoms with E-state index in [4.69, 9.17) is 0 Å². The minimum Gasteiger partial charge on any atom is -0.309 e. The molecule has 3 rings (SSSR count). The van der Waals surface area contributed by atoms with Crippen LogP contribution >= 0.6 is 0 Å². The van der Waals surface area contributed by atoms with Crippen molar-refractivity contribution in [2.75, 3.05) is 5.32 Å². The molecule has 1 unspecified atom stereocenters. The van der Waals surface area contributed by atoms with Gasteiger partial charge in [-0.3, -0.25) is 14.5 Å². The lowest BCUT2D eigenvalue weighted by Gasteiger charge is -2.22. The van der Waals surface area contributed by atoms with Crippen LogP contribution in [0.2, 0.25) is 0 Å². The number of anilines is 1. The van der Waals surface area contributed by atoms with E-state index >= 15 is 0 Å². The van der Waals surface area contributed by atoms with E-state index in [2.05, 4.69) is 35.3 Å². The van der Waals surface area contributed by atoms with Gasteiger partial charge in [-0.25, -0.2) is 0 Å². The maximum atomic E-state index is 12.0. The van der Waals surface area contributed by atoms with E-state index in [1.807, 2.05) is 23.9 Å². The Hall–Kier alpha value is -2.17. The fourth-order valence-electron chi connectivity index (χ4n) is 2.94. The highest BCUT2D eigenvalue weighted by Crippen LogP contribution is 2.38. The quantitative estimate of drug-likeness (QED) is 0.942. The van der Waals surface area contributed by atoms with Gasteiger partial charge in [-0.05, 0) is 31.9 Å². The van der Waals surface area contributed by atoms with Crippen LogP contribution in [0.1, 0.15) is 48.2 Å². The molecule has 0 fully saturated rings. The Morgan fingerprint density at radius 1 is 1.38 bits per heavy atom. The zero-order valence-electron chi connectivity index (χ0n) is 12.7. The van der Waals surface area contributed by atoms with E-state index < -0.39 is 0 Å². The predicted octanol–water partition coefficient (Wildman–Crippen LogP) is 2.78. The lowest BCUT2D eigenvalue weighted by molar-refractivity contribution is -0.116. The number of carbonyl (C=O) groups is 1. The first-order valence-electron chi connectivity index (χ1n) is 7.39. The lowest BCUT2D eigenvalue weighted by atomic mass is 9.86. The topological polar surface area (TPSA) is 59.8 Å². The standard InChI is InChI=1S/C16H20N4O/c1-4-7-20-11(3)15-13(8-14(21)18-16(15)19-20)12-6-5-10(2)17-9-12/h5-6,9,13H,4,7-8H2,1-3H3,(H,18,19,21). The Kier molecular flexibility index (Phi) is 3.49. The Morgan fingerprint density at radius 2 is 2.19 bits per heavy atom. The number of hydrogen-bond acceptors (Lipinski definition) is 3. The summed E-state index contributed by atoms with van der Waals surface area (Å²) in [4.78, 5) is 16.3. The minimum absolute atomic E-state index is 0.0224. The molecule has 0 bridgehead atoms. The molecule has 0 aliphatic carbocycles. The molecule has 1 aliphatic rings. The van der Waals surface area contributed by atoms with Crippen molar-refractivity contribution in [3.8, 4) is 0 Å². The van der Waals surface area contributed by atoms with Gasteiger partial charge in [0.1, 0.15) is 0 Å². The van der Waals surface area contributed by atoms with Gasteiger partial charge in [0.25, 0.3) is 0 Å². The highest BCUT2D eigenvalue weighted by molar-refractivity contribution is 5.94. The van der Waals surface area contributed by atoms with Gasteiger partial charge in [0.2, 0.25) is 5.91 Å². The van der Waals surface area contributed by atoms with E-state index in [9.17, 15) is 4.79 Å². The SMILES string of the molecule is CCCn1nc2c(c1C)C(c1ccc(C)nc1)CC(=O)N2. The number of nitrogens with one attached hydrogen (secondary N) is 1. The van der Waals surface area contributed by atoms with Crippen LogP contribution in [0.4, 0.5) is 5.82 Å². The fourth-order valence-corrected chi connectivity index (χ4v) is 2.94. The second-order valence-electron chi connectivity index (χ2n) is 5.61. The van der Waals surface area contributed by atoms with Crippen molar-refractivity contribution in [3.05, 3.63) is 40.8 Å². The van der Waals surface area contributed by atoms with Crippen molar-refractivity contribution in [3.63, 3.8) is 0 Å². The highest BCUT2D eigenvalue weighted by atomic mass is 16.1. The Morgan fingerprint density at radius 3 is 2.86 bits per heavy atom. The summed E-state index contributed by atoms with van der Waals surface area (Å²) >= 11 is 0. The third kappa shape index (κ3) is 2.44. The molecule has 0 saturated heterocycles. The molecule has 5 nitrogen and oxygen atoms in total. The largest absolute Gasteiger partial charge is 0.309 e. The van der Waals surface area contributed by atoms with Gasteiger partial charge in [0, 0.05) is 42.0 Å². The first kappa shape index (κ1) is 13.8. The van der Waals surface area contributed by atoms with Crippen LogP contribution in [0.25, 0.3) is 0 Å². The molecule has 1 aliphatic heterocycles. The Balaban J connectivity index is 2.08.